The van der Waals surface area contributed by atoms with Gasteiger partial charge in [-0.15, -0.1) is 0 Å². The largest absolute Gasteiger partial charge is 0.480 e. The molecule has 0 aromatic rings. The van der Waals surface area contributed by atoms with Crippen molar-refractivity contribution in [3.8, 4) is 0 Å². The molecule has 0 fully saturated rings. The number of amides is 1. The van der Waals surface area contributed by atoms with Crippen molar-refractivity contribution in [1.29, 1.82) is 0 Å². The Labute approximate surface area is 83.7 Å². The lowest BCUT2D eigenvalue weighted by atomic mass is 9.97. The summed E-state index contributed by atoms with van der Waals surface area (Å²) in [6.45, 7) is 6.44. The highest BCUT2D eigenvalue weighted by Gasteiger charge is 2.17. The summed E-state index contributed by atoms with van der Waals surface area (Å²) in [6, 6.07) is -1.12. The quantitative estimate of drug-likeness (QED) is 0.596. The summed E-state index contributed by atoms with van der Waals surface area (Å²) in [4.78, 5) is 21.5. The molecule has 0 bridgehead atoms. The van der Waals surface area contributed by atoms with Crippen LogP contribution in [0.2, 0.25) is 0 Å². The monoisotopic (exact) mass is 202 g/mol. The Balaban J connectivity index is 3.83. The summed E-state index contributed by atoms with van der Waals surface area (Å²) in [5.41, 5.74) is 5.19. The Kier molecular flexibility index (Phi) is 4.56. The zero-order chi connectivity index (χ0) is 11.4. The summed E-state index contributed by atoms with van der Waals surface area (Å²) in [5, 5.41) is 11.1. The number of carbonyl (C=O) groups is 2. The molecule has 5 heteroatoms. The van der Waals surface area contributed by atoms with Crippen LogP contribution in [0, 0.1) is 5.41 Å². The maximum absolute atomic E-state index is 11.2. The molecule has 1 amide bonds. The second kappa shape index (κ2) is 4.95. The first kappa shape index (κ1) is 12.9. The van der Waals surface area contributed by atoms with Crippen molar-refractivity contribution < 1.29 is 14.7 Å². The molecule has 1 atom stereocenters. The maximum Gasteiger partial charge on any atom is 0.321 e. The van der Waals surface area contributed by atoms with E-state index in [1.807, 2.05) is 20.8 Å². The first-order chi connectivity index (χ1) is 6.22. The fourth-order valence-electron chi connectivity index (χ4n) is 0.723. The SMILES string of the molecule is CC(C)(C)CNC(=O)CC(N)C(=O)O. The van der Waals surface area contributed by atoms with Crippen molar-refractivity contribution in [3.63, 3.8) is 0 Å². The fraction of sp³-hybridized carbons (Fsp3) is 0.778. The van der Waals surface area contributed by atoms with Gasteiger partial charge in [0.2, 0.25) is 5.91 Å². The molecule has 0 saturated carbocycles. The highest BCUT2D eigenvalue weighted by atomic mass is 16.4. The van der Waals surface area contributed by atoms with Crippen molar-refractivity contribution in [2.24, 2.45) is 11.1 Å². The number of nitrogens with one attached hydrogen (secondary N) is 1. The summed E-state index contributed by atoms with van der Waals surface area (Å²) < 4.78 is 0. The van der Waals surface area contributed by atoms with Crippen molar-refractivity contribution >= 4 is 11.9 Å². The number of hydrogen-bond acceptors (Lipinski definition) is 3. The molecular formula is C9H18N2O3. The Hall–Kier alpha value is -1.10. The lowest BCUT2D eigenvalue weighted by molar-refractivity contribution is -0.140. The summed E-state index contributed by atoms with van der Waals surface area (Å²) in [5.74, 6) is -1.48. The van der Waals surface area contributed by atoms with Gasteiger partial charge in [-0.2, -0.15) is 0 Å². The molecule has 14 heavy (non-hydrogen) atoms. The van der Waals surface area contributed by atoms with E-state index in [1.54, 1.807) is 0 Å². The highest BCUT2D eigenvalue weighted by molar-refractivity contribution is 5.84. The van der Waals surface area contributed by atoms with E-state index in [0.717, 1.165) is 0 Å². The van der Waals surface area contributed by atoms with E-state index < -0.39 is 12.0 Å². The van der Waals surface area contributed by atoms with Gasteiger partial charge in [0.05, 0.1) is 6.42 Å². The molecule has 0 aromatic heterocycles. The zero-order valence-corrected chi connectivity index (χ0v) is 8.83. The third kappa shape index (κ3) is 6.42. The minimum Gasteiger partial charge on any atom is -0.480 e. The lowest BCUT2D eigenvalue weighted by Crippen LogP contribution is -2.39. The first-order valence-electron chi connectivity index (χ1n) is 4.47. The molecule has 0 aliphatic rings. The van der Waals surface area contributed by atoms with E-state index in [4.69, 9.17) is 10.8 Å². The topological polar surface area (TPSA) is 92.4 Å². The van der Waals surface area contributed by atoms with E-state index in [0.29, 0.717) is 6.54 Å². The van der Waals surface area contributed by atoms with Crippen LogP contribution in [0.5, 0.6) is 0 Å². The van der Waals surface area contributed by atoms with E-state index >= 15 is 0 Å². The van der Waals surface area contributed by atoms with Gasteiger partial charge in [-0.1, -0.05) is 20.8 Å². The molecule has 0 saturated heterocycles. The van der Waals surface area contributed by atoms with Gasteiger partial charge < -0.3 is 16.2 Å². The molecule has 0 aliphatic carbocycles. The zero-order valence-electron chi connectivity index (χ0n) is 8.83. The minimum absolute atomic E-state index is 0.0109. The van der Waals surface area contributed by atoms with Gasteiger partial charge in [0.25, 0.3) is 0 Å². The van der Waals surface area contributed by atoms with Crippen LogP contribution >= 0.6 is 0 Å². The van der Waals surface area contributed by atoms with Crippen LogP contribution in [-0.4, -0.2) is 29.6 Å². The molecule has 0 aliphatic heterocycles. The van der Waals surface area contributed by atoms with Gasteiger partial charge in [-0.05, 0) is 5.41 Å². The summed E-state index contributed by atoms with van der Waals surface area (Å²) in [6.07, 6.45) is -0.175. The van der Waals surface area contributed by atoms with E-state index in [1.165, 1.54) is 0 Å². The standard InChI is InChI=1S/C9H18N2O3/c1-9(2,3)5-11-7(12)4-6(10)8(13)14/h6H,4-5,10H2,1-3H3,(H,11,12)(H,13,14). The lowest BCUT2D eigenvalue weighted by Gasteiger charge is -2.19. The van der Waals surface area contributed by atoms with Gasteiger partial charge in [0, 0.05) is 6.54 Å². The second-order valence-electron chi connectivity index (χ2n) is 4.49. The van der Waals surface area contributed by atoms with Crippen molar-refractivity contribution in [2.45, 2.75) is 33.2 Å². The van der Waals surface area contributed by atoms with Gasteiger partial charge in [-0.3, -0.25) is 9.59 Å². The van der Waals surface area contributed by atoms with Crippen LogP contribution in [0.15, 0.2) is 0 Å². The van der Waals surface area contributed by atoms with Crippen LogP contribution in [0.3, 0.4) is 0 Å². The molecule has 0 radical (unpaired) electrons. The van der Waals surface area contributed by atoms with Crippen LogP contribution in [-0.2, 0) is 9.59 Å². The number of rotatable bonds is 4. The molecule has 0 spiro atoms. The van der Waals surface area contributed by atoms with E-state index in [9.17, 15) is 9.59 Å². The third-order valence-corrected chi connectivity index (χ3v) is 1.54. The Morgan fingerprint density at radius 1 is 1.43 bits per heavy atom. The predicted octanol–water partition coefficient (Wildman–Crippen LogP) is -0.0493. The van der Waals surface area contributed by atoms with E-state index in [2.05, 4.69) is 5.32 Å². The normalized spacial score (nSPS) is 13.4. The Bertz CT molecular complexity index is 221. The fourth-order valence-corrected chi connectivity index (χ4v) is 0.723. The number of nitrogens with two attached hydrogens (primary N) is 1. The highest BCUT2D eigenvalue weighted by Crippen LogP contribution is 2.10. The molecule has 4 N–H and O–H groups in total. The summed E-state index contributed by atoms with van der Waals surface area (Å²) >= 11 is 0. The third-order valence-electron chi connectivity index (χ3n) is 1.54. The van der Waals surface area contributed by atoms with Gasteiger partial charge in [0.15, 0.2) is 0 Å². The van der Waals surface area contributed by atoms with Crippen LogP contribution < -0.4 is 11.1 Å². The predicted molar refractivity (Wildman–Crippen MR) is 52.7 cm³/mol. The Morgan fingerprint density at radius 3 is 2.29 bits per heavy atom. The average molecular weight is 202 g/mol. The van der Waals surface area contributed by atoms with Gasteiger partial charge in [0.1, 0.15) is 6.04 Å². The number of carbonyl (C=O) groups excluding carboxylic acids is 1. The summed E-state index contributed by atoms with van der Waals surface area (Å²) in [7, 11) is 0. The van der Waals surface area contributed by atoms with Gasteiger partial charge >= 0.3 is 5.97 Å². The first-order valence-corrected chi connectivity index (χ1v) is 4.47. The molecule has 5 nitrogen and oxygen atoms in total. The number of hydrogen-bond donors (Lipinski definition) is 3. The second-order valence-corrected chi connectivity index (χ2v) is 4.49. The van der Waals surface area contributed by atoms with Crippen LogP contribution in [0.4, 0.5) is 0 Å². The molecule has 0 heterocycles. The van der Waals surface area contributed by atoms with Crippen molar-refractivity contribution in [2.75, 3.05) is 6.54 Å². The molecule has 0 rings (SSSR count). The molecule has 1 unspecified atom stereocenters. The number of aliphatic carboxylic acids is 1. The maximum atomic E-state index is 11.2. The Morgan fingerprint density at radius 2 is 1.93 bits per heavy atom. The number of carboxylic acids is 1. The van der Waals surface area contributed by atoms with Gasteiger partial charge in [-0.25, -0.2) is 0 Å². The molecular weight excluding hydrogens is 184 g/mol. The van der Waals surface area contributed by atoms with Crippen LogP contribution in [0.25, 0.3) is 0 Å². The minimum atomic E-state index is -1.16. The van der Waals surface area contributed by atoms with Crippen LogP contribution in [0.1, 0.15) is 27.2 Å². The van der Waals surface area contributed by atoms with Crippen molar-refractivity contribution in [1.82, 2.24) is 5.32 Å². The molecule has 0 aromatic carbocycles. The number of carboxylic acid groups (broad SMARTS) is 1. The molecule has 82 valence electrons. The average Bonchev–Trinajstić information content (AvgIpc) is 1.99. The van der Waals surface area contributed by atoms with E-state index in [-0.39, 0.29) is 17.7 Å². The smallest absolute Gasteiger partial charge is 0.321 e. The van der Waals surface area contributed by atoms with Crippen molar-refractivity contribution in [3.05, 3.63) is 0 Å².